The van der Waals surface area contributed by atoms with Crippen molar-refractivity contribution in [3.8, 4) is 0 Å². The Morgan fingerprint density at radius 3 is 2.63 bits per heavy atom. The highest BCUT2D eigenvalue weighted by Crippen LogP contribution is 2.16. The molecule has 3 N–H and O–H groups in total. The van der Waals surface area contributed by atoms with Crippen LogP contribution in [-0.4, -0.2) is 24.2 Å². The number of nitrogens with two attached hydrogens (primary N) is 1. The molecule has 0 fully saturated rings. The molecule has 0 radical (unpaired) electrons. The monoisotopic (exact) mass is 302 g/mol. The molecule has 1 atom stereocenters. The Bertz CT molecular complexity index is 349. The summed E-state index contributed by atoms with van der Waals surface area (Å²) in [6.07, 6.45) is 3.20. The van der Waals surface area contributed by atoms with Gasteiger partial charge in [-0.15, -0.1) is 24.2 Å². The second-order valence-electron chi connectivity index (χ2n) is 4.24. The van der Waals surface area contributed by atoms with Crippen LogP contribution in [0.3, 0.4) is 0 Å². The maximum absolute atomic E-state index is 11.8. The molecule has 0 aromatic heterocycles. The van der Waals surface area contributed by atoms with Crippen molar-refractivity contribution in [1.82, 2.24) is 5.32 Å². The van der Waals surface area contributed by atoms with Crippen molar-refractivity contribution in [2.45, 2.75) is 37.1 Å². The predicted octanol–water partition coefficient (Wildman–Crippen LogP) is 2.83. The van der Waals surface area contributed by atoms with Crippen molar-refractivity contribution in [3.05, 3.63) is 30.3 Å². The standard InChI is InChI=1S/C14H22N2OS.ClH/c1-2-3-7-12(10-15)16-14(17)11-18-13-8-5-4-6-9-13;/h4-6,8-9,12H,2-3,7,10-11,15H2,1H3,(H,16,17);1H. The van der Waals surface area contributed by atoms with Gasteiger partial charge in [0.2, 0.25) is 5.91 Å². The number of rotatable bonds is 8. The van der Waals surface area contributed by atoms with Crippen molar-refractivity contribution in [2.75, 3.05) is 12.3 Å². The van der Waals surface area contributed by atoms with Gasteiger partial charge < -0.3 is 11.1 Å². The van der Waals surface area contributed by atoms with Crippen LogP contribution in [0.25, 0.3) is 0 Å². The maximum atomic E-state index is 11.8. The summed E-state index contributed by atoms with van der Waals surface area (Å²) in [7, 11) is 0. The second-order valence-corrected chi connectivity index (χ2v) is 5.29. The lowest BCUT2D eigenvalue weighted by Gasteiger charge is -2.16. The van der Waals surface area contributed by atoms with Gasteiger partial charge in [-0.05, 0) is 18.6 Å². The molecule has 1 aromatic carbocycles. The van der Waals surface area contributed by atoms with E-state index < -0.39 is 0 Å². The quantitative estimate of drug-likeness (QED) is 0.726. The molecular formula is C14H23ClN2OS. The molecule has 3 nitrogen and oxygen atoms in total. The number of halogens is 1. The number of thioether (sulfide) groups is 1. The molecule has 0 spiro atoms. The molecule has 19 heavy (non-hydrogen) atoms. The van der Waals surface area contributed by atoms with Crippen LogP contribution in [0.5, 0.6) is 0 Å². The molecule has 1 rings (SSSR count). The number of hydrogen-bond acceptors (Lipinski definition) is 3. The van der Waals surface area contributed by atoms with Crippen molar-refractivity contribution in [2.24, 2.45) is 5.73 Å². The summed E-state index contributed by atoms with van der Waals surface area (Å²) < 4.78 is 0. The van der Waals surface area contributed by atoms with Gasteiger partial charge in [0, 0.05) is 17.5 Å². The lowest BCUT2D eigenvalue weighted by molar-refractivity contribution is -0.119. The molecule has 0 heterocycles. The molecular weight excluding hydrogens is 280 g/mol. The Morgan fingerprint density at radius 2 is 2.05 bits per heavy atom. The van der Waals surface area contributed by atoms with Gasteiger partial charge in [0.25, 0.3) is 0 Å². The first-order valence-corrected chi connectivity index (χ1v) is 7.42. The largest absolute Gasteiger partial charge is 0.351 e. The van der Waals surface area contributed by atoms with Crippen molar-refractivity contribution in [3.63, 3.8) is 0 Å². The summed E-state index contributed by atoms with van der Waals surface area (Å²) in [6.45, 7) is 2.66. The van der Waals surface area contributed by atoms with Gasteiger partial charge in [-0.3, -0.25) is 4.79 Å². The zero-order valence-electron chi connectivity index (χ0n) is 11.3. The molecule has 0 aliphatic rings. The number of amides is 1. The summed E-state index contributed by atoms with van der Waals surface area (Å²) >= 11 is 1.55. The molecule has 0 saturated carbocycles. The van der Waals surface area contributed by atoms with E-state index in [2.05, 4.69) is 12.2 Å². The van der Waals surface area contributed by atoms with Crippen LogP contribution in [0.1, 0.15) is 26.2 Å². The van der Waals surface area contributed by atoms with Crippen LogP contribution in [0, 0.1) is 0 Å². The maximum Gasteiger partial charge on any atom is 0.230 e. The fraction of sp³-hybridized carbons (Fsp3) is 0.500. The minimum atomic E-state index is 0. The van der Waals surface area contributed by atoms with Gasteiger partial charge in [0.05, 0.1) is 5.75 Å². The minimum Gasteiger partial charge on any atom is -0.351 e. The molecule has 0 aliphatic heterocycles. The van der Waals surface area contributed by atoms with Crippen LogP contribution in [-0.2, 0) is 4.79 Å². The van der Waals surface area contributed by atoms with E-state index in [9.17, 15) is 4.79 Å². The molecule has 0 bridgehead atoms. The molecule has 108 valence electrons. The molecule has 1 amide bonds. The van der Waals surface area contributed by atoms with E-state index in [4.69, 9.17) is 5.73 Å². The van der Waals surface area contributed by atoms with E-state index in [1.807, 2.05) is 30.3 Å². The third kappa shape index (κ3) is 8.14. The number of hydrogen-bond donors (Lipinski definition) is 2. The van der Waals surface area contributed by atoms with E-state index in [1.54, 1.807) is 11.8 Å². The molecule has 1 unspecified atom stereocenters. The highest BCUT2D eigenvalue weighted by Gasteiger charge is 2.10. The van der Waals surface area contributed by atoms with Crippen LogP contribution in [0.2, 0.25) is 0 Å². The van der Waals surface area contributed by atoms with Crippen LogP contribution in [0.15, 0.2) is 35.2 Å². The van der Waals surface area contributed by atoms with Gasteiger partial charge >= 0.3 is 0 Å². The highest BCUT2D eigenvalue weighted by molar-refractivity contribution is 8.00. The first-order chi connectivity index (χ1) is 8.76. The minimum absolute atomic E-state index is 0. The third-order valence-corrected chi connectivity index (χ3v) is 3.68. The number of benzene rings is 1. The van der Waals surface area contributed by atoms with Gasteiger partial charge in [0.15, 0.2) is 0 Å². The Morgan fingerprint density at radius 1 is 1.37 bits per heavy atom. The molecule has 0 saturated heterocycles. The summed E-state index contributed by atoms with van der Waals surface area (Å²) in [5, 5.41) is 2.99. The van der Waals surface area contributed by atoms with E-state index in [0.717, 1.165) is 24.2 Å². The van der Waals surface area contributed by atoms with Gasteiger partial charge in [0.1, 0.15) is 0 Å². The normalized spacial score (nSPS) is 11.5. The first-order valence-electron chi connectivity index (χ1n) is 6.43. The lowest BCUT2D eigenvalue weighted by Crippen LogP contribution is -2.41. The van der Waals surface area contributed by atoms with Gasteiger partial charge in [-0.1, -0.05) is 38.0 Å². The Labute approximate surface area is 126 Å². The number of unbranched alkanes of at least 4 members (excludes halogenated alkanes) is 1. The summed E-state index contributed by atoms with van der Waals surface area (Å²) in [4.78, 5) is 12.9. The number of nitrogens with one attached hydrogen (secondary N) is 1. The average molecular weight is 303 g/mol. The SMILES string of the molecule is CCCCC(CN)NC(=O)CSc1ccccc1.Cl. The Balaban J connectivity index is 0.00000324. The van der Waals surface area contributed by atoms with E-state index in [-0.39, 0.29) is 24.4 Å². The van der Waals surface area contributed by atoms with Crippen molar-refractivity contribution >= 4 is 30.1 Å². The summed E-state index contributed by atoms with van der Waals surface area (Å²) in [5.41, 5.74) is 5.65. The fourth-order valence-electron chi connectivity index (χ4n) is 1.63. The Hall–Kier alpha value is -0.710. The molecule has 1 aromatic rings. The Kier molecular flexibility index (Phi) is 10.7. The first kappa shape index (κ1) is 18.3. The zero-order valence-corrected chi connectivity index (χ0v) is 12.9. The fourth-order valence-corrected chi connectivity index (χ4v) is 2.37. The topological polar surface area (TPSA) is 55.1 Å². The van der Waals surface area contributed by atoms with Gasteiger partial charge in [-0.25, -0.2) is 0 Å². The average Bonchev–Trinajstić information content (AvgIpc) is 2.42. The smallest absolute Gasteiger partial charge is 0.230 e. The van der Waals surface area contributed by atoms with Crippen LogP contribution in [0.4, 0.5) is 0 Å². The van der Waals surface area contributed by atoms with E-state index in [0.29, 0.717) is 12.3 Å². The van der Waals surface area contributed by atoms with Crippen molar-refractivity contribution < 1.29 is 4.79 Å². The van der Waals surface area contributed by atoms with Crippen LogP contribution < -0.4 is 11.1 Å². The number of carbonyl (C=O) groups is 1. The summed E-state index contributed by atoms with van der Waals surface area (Å²) in [5.74, 6) is 0.516. The zero-order chi connectivity index (χ0) is 13.2. The molecule has 5 heteroatoms. The summed E-state index contributed by atoms with van der Waals surface area (Å²) in [6, 6.07) is 10.1. The van der Waals surface area contributed by atoms with Crippen molar-refractivity contribution in [1.29, 1.82) is 0 Å². The third-order valence-electron chi connectivity index (χ3n) is 2.67. The predicted molar refractivity (Wildman–Crippen MR) is 84.9 cm³/mol. The molecule has 0 aliphatic carbocycles. The van der Waals surface area contributed by atoms with E-state index >= 15 is 0 Å². The number of carbonyl (C=O) groups excluding carboxylic acids is 1. The van der Waals surface area contributed by atoms with Crippen LogP contribution >= 0.6 is 24.2 Å². The van der Waals surface area contributed by atoms with E-state index in [1.165, 1.54) is 0 Å². The highest BCUT2D eigenvalue weighted by atomic mass is 35.5. The van der Waals surface area contributed by atoms with Gasteiger partial charge in [-0.2, -0.15) is 0 Å². The second kappa shape index (κ2) is 11.1. The lowest BCUT2D eigenvalue weighted by atomic mass is 10.1.